The van der Waals surface area contributed by atoms with Gasteiger partial charge in [-0.05, 0) is 39.5 Å². The largest absolute Gasteiger partial charge is 0.309 e. The third-order valence-electron chi connectivity index (χ3n) is 3.39. The maximum atomic E-state index is 3.57. The SMILES string of the molecule is CC(C)CCC(C)N1CCNC(C)(C)C1. The first-order valence-electron chi connectivity index (χ1n) is 6.40. The molecule has 15 heavy (non-hydrogen) atoms. The van der Waals surface area contributed by atoms with Crippen LogP contribution in [0.4, 0.5) is 0 Å². The molecule has 0 aromatic carbocycles. The molecule has 0 amide bonds. The van der Waals surface area contributed by atoms with E-state index in [1.54, 1.807) is 0 Å². The van der Waals surface area contributed by atoms with Crippen molar-refractivity contribution in [3.8, 4) is 0 Å². The van der Waals surface area contributed by atoms with Crippen molar-refractivity contribution in [3.05, 3.63) is 0 Å². The molecule has 1 heterocycles. The summed E-state index contributed by atoms with van der Waals surface area (Å²) in [5, 5.41) is 3.57. The van der Waals surface area contributed by atoms with Crippen LogP contribution in [0.25, 0.3) is 0 Å². The summed E-state index contributed by atoms with van der Waals surface area (Å²) in [5.41, 5.74) is 0.296. The molecule has 1 unspecified atom stereocenters. The molecule has 1 aliphatic heterocycles. The van der Waals surface area contributed by atoms with Gasteiger partial charge < -0.3 is 5.32 Å². The summed E-state index contributed by atoms with van der Waals surface area (Å²) in [6, 6.07) is 0.744. The Hall–Kier alpha value is -0.0800. The van der Waals surface area contributed by atoms with E-state index in [1.165, 1.54) is 25.9 Å². The predicted molar refractivity (Wildman–Crippen MR) is 67.2 cm³/mol. The Labute approximate surface area is 95.4 Å². The molecule has 1 N–H and O–H groups in total. The zero-order valence-electron chi connectivity index (χ0n) is 11.1. The van der Waals surface area contributed by atoms with E-state index in [9.17, 15) is 0 Å². The van der Waals surface area contributed by atoms with Gasteiger partial charge in [-0.15, -0.1) is 0 Å². The number of hydrogen-bond donors (Lipinski definition) is 1. The van der Waals surface area contributed by atoms with Gasteiger partial charge in [-0.2, -0.15) is 0 Å². The highest BCUT2D eigenvalue weighted by molar-refractivity contribution is 4.88. The van der Waals surface area contributed by atoms with E-state index in [0.717, 1.165) is 18.5 Å². The number of rotatable bonds is 4. The second-order valence-corrected chi connectivity index (χ2v) is 6.10. The van der Waals surface area contributed by atoms with Crippen LogP contribution in [-0.2, 0) is 0 Å². The molecule has 1 atom stereocenters. The van der Waals surface area contributed by atoms with Crippen LogP contribution in [0.1, 0.15) is 47.5 Å². The third kappa shape index (κ3) is 4.52. The zero-order chi connectivity index (χ0) is 11.5. The highest BCUT2D eigenvalue weighted by atomic mass is 15.2. The highest BCUT2D eigenvalue weighted by Gasteiger charge is 2.27. The van der Waals surface area contributed by atoms with Gasteiger partial charge >= 0.3 is 0 Å². The topological polar surface area (TPSA) is 15.3 Å². The van der Waals surface area contributed by atoms with Gasteiger partial charge in [-0.3, -0.25) is 4.90 Å². The van der Waals surface area contributed by atoms with Crippen LogP contribution in [0.5, 0.6) is 0 Å². The molecule has 0 spiro atoms. The van der Waals surface area contributed by atoms with Gasteiger partial charge in [-0.25, -0.2) is 0 Å². The Bertz CT molecular complexity index is 187. The van der Waals surface area contributed by atoms with Gasteiger partial charge in [0.15, 0.2) is 0 Å². The average Bonchev–Trinajstić information content (AvgIpc) is 2.12. The van der Waals surface area contributed by atoms with Crippen LogP contribution in [0.3, 0.4) is 0 Å². The number of nitrogens with zero attached hydrogens (tertiary/aromatic N) is 1. The first-order chi connectivity index (χ1) is 6.91. The second kappa shape index (κ2) is 5.31. The molecule has 1 fully saturated rings. The van der Waals surface area contributed by atoms with E-state index in [4.69, 9.17) is 0 Å². The maximum Gasteiger partial charge on any atom is 0.0252 e. The minimum absolute atomic E-state index is 0.296. The van der Waals surface area contributed by atoms with Gasteiger partial charge in [0, 0.05) is 31.2 Å². The quantitative estimate of drug-likeness (QED) is 0.770. The average molecular weight is 212 g/mol. The molecule has 0 saturated carbocycles. The van der Waals surface area contributed by atoms with E-state index in [0.29, 0.717) is 5.54 Å². The van der Waals surface area contributed by atoms with Crippen LogP contribution >= 0.6 is 0 Å². The maximum absolute atomic E-state index is 3.57. The van der Waals surface area contributed by atoms with Crippen molar-refractivity contribution < 1.29 is 0 Å². The molecule has 2 nitrogen and oxygen atoms in total. The summed E-state index contributed by atoms with van der Waals surface area (Å²) in [4.78, 5) is 2.64. The normalized spacial score (nSPS) is 24.4. The van der Waals surface area contributed by atoms with Crippen molar-refractivity contribution in [2.45, 2.75) is 59.0 Å². The molecule has 90 valence electrons. The lowest BCUT2D eigenvalue weighted by Gasteiger charge is -2.42. The smallest absolute Gasteiger partial charge is 0.0252 e. The van der Waals surface area contributed by atoms with E-state index in [2.05, 4.69) is 44.8 Å². The van der Waals surface area contributed by atoms with Gasteiger partial charge in [0.05, 0.1) is 0 Å². The molecule has 0 aliphatic carbocycles. The summed E-state index contributed by atoms with van der Waals surface area (Å²) in [6.45, 7) is 15.1. The van der Waals surface area contributed by atoms with Gasteiger partial charge in [0.1, 0.15) is 0 Å². The molecule has 1 aliphatic rings. The van der Waals surface area contributed by atoms with Crippen LogP contribution < -0.4 is 5.32 Å². The fraction of sp³-hybridized carbons (Fsp3) is 1.00. The van der Waals surface area contributed by atoms with Crippen molar-refractivity contribution in [2.24, 2.45) is 5.92 Å². The Kier molecular flexibility index (Phi) is 4.60. The Morgan fingerprint density at radius 1 is 1.20 bits per heavy atom. The standard InChI is InChI=1S/C13H28N2/c1-11(2)6-7-12(3)15-9-8-14-13(4,5)10-15/h11-12,14H,6-10H2,1-5H3. The summed E-state index contributed by atoms with van der Waals surface area (Å²) in [7, 11) is 0. The molecular weight excluding hydrogens is 184 g/mol. The van der Waals surface area contributed by atoms with Crippen molar-refractivity contribution in [2.75, 3.05) is 19.6 Å². The highest BCUT2D eigenvalue weighted by Crippen LogP contribution is 2.17. The molecule has 0 bridgehead atoms. The van der Waals surface area contributed by atoms with Crippen molar-refractivity contribution in [1.29, 1.82) is 0 Å². The summed E-state index contributed by atoms with van der Waals surface area (Å²) in [5.74, 6) is 0.836. The molecule has 0 radical (unpaired) electrons. The Morgan fingerprint density at radius 2 is 1.87 bits per heavy atom. The van der Waals surface area contributed by atoms with E-state index < -0.39 is 0 Å². The van der Waals surface area contributed by atoms with Crippen molar-refractivity contribution in [3.63, 3.8) is 0 Å². The number of hydrogen-bond acceptors (Lipinski definition) is 2. The third-order valence-corrected chi connectivity index (χ3v) is 3.39. The minimum atomic E-state index is 0.296. The lowest BCUT2D eigenvalue weighted by Crippen LogP contribution is -2.58. The fourth-order valence-electron chi connectivity index (χ4n) is 2.31. The number of nitrogens with one attached hydrogen (secondary N) is 1. The zero-order valence-corrected chi connectivity index (χ0v) is 11.1. The van der Waals surface area contributed by atoms with Crippen LogP contribution in [0.2, 0.25) is 0 Å². The second-order valence-electron chi connectivity index (χ2n) is 6.10. The van der Waals surface area contributed by atoms with Crippen molar-refractivity contribution >= 4 is 0 Å². The molecule has 1 rings (SSSR count). The first kappa shape index (κ1) is 13.0. The Morgan fingerprint density at radius 3 is 2.40 bits per heavy atom. The summed E-state index contributed by atoms with van der Waals surface area (Å²) in [6.07, 6.45) is 2.69. The lowest BCUT2D eigenvalue weighted by molar-refractivity contribution is 0.109. The lowest BCUT2D eigenvalue weighted by atomic mass is 9.98. The molecular formula is C13H28N2. The fourth-order valence-corrected chi connectivity index (χ4v) is 2.31. The van der Waals surface area contributed by atoms with Crippen molar-refractivity contribution in [1.82, 2.24) is 10.2 Å². The molecule has 1 saturated heterocycles. The number of piperazine rings is 1. The predicted octanol–water partition coefficient (Wildman–Crippen LogP) is 2.49. The van der Waals surface area contributed by atoms with E-state index in [-0.39, 0.29) is 0 Å². The van der Waals surface area contributed by atoms with E-state index in [1.807, 2.05) is 0 Å². The van der Waals surface area contributed by atoms with Crippen LogP contribution in [0.15, 0.2) is 0 Å². The van der Waals surface area contributed by atoms with Gasteiger partial charge in [0.2, 0.25) is 0 Å². The molecule has 2 heteroatoms. The van der Waals surface area contributed by atoms with Crippen LogP contribution in [0, 0.1) is 5.92 Å². The Balaban J connectivity index is 2.35. The van der Waals surface area contributed by atoms with Crippen LogP contribution in [-0.4, -0.2) is 36.1 Å². The van der Waals surface area contributed by atoms with Gasteiger partial charge in [-0.1, -0.05) is 13.8 Å². The van der Waals surface area contributed by atoms with E-state index >= 15 is 0 Å². The molecule has 0 aromatic heterocycles. The monoisotopic (exact) mass is 212 g/mol. The molecule has 0 aromatic rings. The van der Waals surface area contributed by atoms with Gasteiger partial charge in [0.25, 0.3) is 0 Å². The minimum Gasteiger partial charge on any atom is -0.309 e. The first-order valence-corrected chi connectivity index (χ1v) is 6.40. The summed E-state index contributed by atoms with van der Waals surface area (Å²) < 4.78 is 0. The summed E-state index contributed by atoms with van der Waals surface area (Å²) >= 11 is 0.